The molecule has 0 aromatic heterocycles. The lowest BCUT2D eigenvalue weighted by atomic mass is 10.1. The standard InChI is InChI=1S/C14H17Cl2NO3S/c1-9(8-21(2,19)20)17(11-4-5-11)14(18)10-3-6-12(15)13(16)7-10/h3,6-7,9,11H,4-5,8H2,1-2H3. The molecule has 116 valence electrons. The van der Waals surface area contributed by atoms with Crippen LogP contribution < -0.4 is 0 Å². The molecular formula is C14H17Cl2NO3S. The van der Waals surface area contributed by atoms with Crippen LogP contribution in [-0.2, 0) is 9.84 Å². The number of amides is 1. The number of nitrogens with zero attached hydrogens (tertiary/aromatic N) is 1. The Balaban J connectivity index is 2.25. The number of sulfone groups is 1. The van der Waals surface area contributed by atoms with Crippen LogP contribution in [0.2, 0.25) is 10.0 Å². The molecular weight excluding hydrogens is 333 g/mol. The van der Waals surface area contributed by atoms with Crippen molar-refractivity contribution in [1.29, 1.82) is 0 Å². The van der Waals surface area contributed by atoms with E-state index < -0.39 is 9.84 Å². The van der Waals surface area contributed by atoms with Crippen LogP contribution in [0, 0.1) is 0 Å². The van der Waals surface area contributed by atoms with E-state index in [1.54, 1.807) is 24.0 Å². The van der Waals surface area contributed by atoms with E-state index >= 15 is 0 Å². The molecule has 0 bridgehead atoms. The number of rotatable bonds is 5. The van der Waals surface area contributed by atoms with Gasteiger partial charge in [-0.15, -0.1) is 0 Å². The number of hydrogen-bond donors (Lipinski definition) is 0. The van der Waals surface area contributed by atoms with Gasteiger partial charge >= 0.3 is 0 Å². The fourth-order valence-electron chi connectivity index (χ4n) is 2.38. The first-order valence-electron chi connectivity index (χ1n) is 6.64. The zero-order valence-corrected chi connectivity index (χ0v) is 14.2. The SMILES string of the molecule is CC(CS(C)(=O)=O)N(C(=O)c1ccc(Cl)c(Cl)c1)C1CC1. The van der Waals surface area contributed by atoms with Gasteiger partial charge in [0.25, 0.3) is 5.91 Å². The Labute approximate surface area is 134 Å². The van der Waals surface area contributed by atoms with Gasteiger partial charge in [-0.25, -0.2) is 8.42 Å². The van der Waals surface area contributed by atoms with E-state index in [2.05, 4.69) is 0 Å². The first kappa shape index (κ1) is 16.6. The molecule has 0 spiro atoms. The highest BCUT2D eigenvalue weighted by atomic mass is 35.5. The van der Waals surface area contributed by atoms with E-state index in [-0.39, 0.29) is 23.7 Å². The molecule has 1 aromatic rings. The van der Waals surface area contributed by atoms with E-state index in [0.717, 1.165) is 12.8 Å². The largest absolute Gasteiger partial charge is 0.332 e. The summed E-state index contributed by atoms with van der Waals surface area (Å²) < 4.78 is 22.9. The van der Waals surface area contributed by atoms with Crippen LogP contribution in [0.25, 0.3) is 0 Å². The van der Waals surface area contributed by atoms with Crippen molar-refractivity contribution in [1.82, 2.24) is 4.90 Å². The topological polar surface area (TPSA) is 54.5 Å². The highest BCUT2D eigenvalue weighted by Gasteiger charge is 2.37. The van der Waals surface area contributed by atoms with Crippen molar-refractivity contribution >= 4 is 38.9 Å². The number of carbonyl (C=O) groups is 1. The maximum atomic E-state index is 12.6. The molecule has 1 atom stereocenters. The van der Waals surface area contributed by atoms with Crippen molar-refractivity contribution in [3.8, 4) is 0 Å². The molecule has 0 N–H and O–H groups in total. The summed E-state index contributed by atoms with van der Waals surface area (Å²) in [7, 11) is -3.15. The Kier molecular flexibility index (Phi) is 4.85. The Morgan fingerprint density at radius 1 is 1.33 bits per heavy atom. The third-order valence-electron chi connectivity index (χ3n) is 3.36. The number of carbonyl (C=O) groups excluding carboxylic acids is 1. The first-order chi connectivity index (χ1) is 9.69. The minimum atomic E-state index is -3.15. The van der Waals surface area contributed by atoms with E-state index in [9.17, 15) is 13.2 Å². The quantitative estimate of drug-likeness (QED) is 0.820. The molecule has 1 amide bonds. The van der Waals surface area contributed by atoms with Gasteiger partial charge < -0.3 is 4.90 Å². The fourth-order valence-corrected chi connectivity index (χ4v) is 3.71. The minimum absolute atomic E-state index is 0.0451. The second-order valence-corrected chi connectivity index (χ2v) is 8.51. The predicted octanol–water partition coefficient (Wildman–Crippen LogP) is 3.03. The lowest BCUT2D eigenvalue weighted by Crippen LogP contribution is -2.43. The van der Waals surface area contributed by atoms with Crippen LogP contribution in [0.5, 0.6) is 0 Å². The first-order valence-corrected chi connectivity index (χ1v) is 9.46. The van der Waals surface area contributed by atoms with Gasteiger partial charge in [0.1, 0.15) is 9.84 Å². The van der Waals surface area contributed by atoms with Crippen LogP contribution in [-0.4, -0.2) is 43.3 Å². The van der Waals surface area contributed by atoms with Gasteiger partial charge in [0.05, 0.1) is 15.8 Å². The Morgan fingerprint density at radius 3 is 2.43 bits per heavy atom. The average Bonchev–Trinajstić information content (AvgIpc) is 3.15. The molecule has 1 unspecified atom stereocenters. The van der Waals surface area contributed by atoms with Gasteiger partial charge in [0.2, 0.25) is 0 Å². The van der Waals surface area contributed by atoms with Crippen LogP contribution in [0.15, 0.2) is 18.2 Å². The highest BCUT2D eigenvalue weighted by Crippen LogP contribution is 2.31. The van der Waals surface area contributed by atoms with Crippen molar-refractivity contribution in [2.75, 3.05) is 12.0 Å². The molecule has 1 aliphatic rings. The summed E-state index contributed by atoms with van der Waals surface area (Å²) in [6.07, 6.45) is 2.99. The molecule has 1 aliphatic carbocycles. The summed E-state index contributed by atoms with van der Waals surface area (Å²) in [6, 6.07) is 4.45. The summed E-state index contributed by atoms with van der Waals surface area (Å²) in [4.78, 5) is 14.3. The Morgan fingerprint density at radius 2 is 1.95 bits per heavy atom. The van der Waals surface area contributed by atoms with Gasteiger partial charge in [0.15, 0.2) is 0 Å². The number of benzene rings is 1. The van der Waals surface area contributed by atoms with Crippen LogP contribution in [0.3, 0.4) is 0 Å². The predicted molar refractivity (Wildman–Crippen MR) is 84.8 cm³/mol. The average molecular weight is 350 g/mol. The second-order valence-electron chi connectivity index (χ2n) is 5.51. The van der Waals surface area contributed by atoms with Crippen molar-refractivity contribution in [3.63, 3.8) is 0 Å². The third-order valence-corrected chi connectivity index (χ3v) is 5.19. The molecule has 0 radical (unpaired) electrons. The minimum Gasteiger partial charge on any atom is -0.332 e. The van der Waals surface area contributed by atoms with Gasteiger partial charge in [-0.3, -0.25) is 4.79 Å². The molecule has 0 heterocycles. The molecule has 1 saturated carbocycles. The van der Waals surface area contributed by atoms with E-state index in [1.165, 1.54) is 12.3 Å². The smallest absolute Gasteiger partial charge is 0.254 e. The molecule has 21 heavy (non-hydrogen) atoms. The molecule has 2 rings (SSSR count). The number of hydrogen-bond acceptors (Lipinski definition) is 3. The molecule has 7 heteroatoms. The summed E-state index contributed by atoms with van der Waals surface area (Å²) in [5, 5.41) is 0.699. The monoisotopic (exact) mass is 349 g/mol. The van der Waals surface area contributed by atoms with Gasteiger partial charge in [-0.05, 0) is 38.0 Å². The zero-order valence-electron chi connectivity index (χ0n) is 11.8. The van der Waals surface area contributed by atoms with Crippen LogP contribution in [0.4, 0.5) is 0 Å². The van der Waals surface area contributed by atoms with Crippen molar-refractivity contribution in [2.45, 2.75) is 31.8 Å². The Hall–Kier alpha value is -0.780. The van der Waals surface area contributed by atoms with Gasteiger partial charge in [0, 0.05) is 23.9 Å². The fraction of sp³-hybridized carbons (Fsp3) is 0.500. The lowest BCUT2D eigenvalue weighted by Gasteiger charge is -2.29. The van der Waals surface area contributed by atoms with E-state index in [0.29, 0.717) is 15.6 Å². The van der Waals surface area contributed by atoms with E-state index in [4.69, 9.17) is 23.2 Å². The highest BCUT2D eigenvalue weighted by molar-refractivity contribution is 7.90. The molecule has 0 aliphatic heterocycles. The van der Waals surface area contributed by atoms with Crippen molar-refractivity contribution in [2.24, 2.45) is 0 Å². The number of halogens is 2. The summed E-state index contributed by atoms with van der Waals surface area (Å²) in [5.74, 6) is -0.247. The van der Waals surface area contributed by atoms with Gasteiger partial charge in [-0.2, -0.15) is 0 Å². The van der Waals surface area contributed by atoms with Crippen LogP contribution in [0.1, 0.15) is 30.1 Å². The lowest BCUT2D eigenvalue weighted by molar-refractivity contribution is 0.0693. The summed E-state index contributed by atoms with van der Waals surface area (Å²) in [5.41, 5.74) is 0.427. The van der Waals surface area contributed by atoms with Crippen molar-refractivity contribution < 1.29 is 13.2 Å². The zero-order chi connectivity index (χ0) is 15.8. The van der Waals surface area contributed by atoms with E-state index in [1.807, 2.05) is 0 Å². The van der Waals surface area contributed by atoms with Crippen LogP contribution >= 0.6 is 23.2 Å². The maximum absolute atomic E-state index is 12.6. The van der Waals surface area contributed by atoms with Crippen molar-refractivity contribution in [3.05, 3.63) is 33.8 Å². The van der Waals surface area contributed by atoms with Gasteiger partial charge in [-0.1, -0.05) is 23.2 Å². The molecule has 4 nitrogen and oxygen atoms in total. The second kappa shape index (κ2) is 6.15. The third kappa shape index (κ3) is 4.34. The Bertz CT molecular complexity index is 656. The summed E-state index contributed by atoms with van der Waals surface area (Å²) >= 11 is 11.8. The molecule has 1 fully saturated rings. The molecule has 0 saturated heterocycles. The molecule has 1 aromatic carbocycles. The normalized spacial score (nSPS) is 16.6. The summed E-state index contributed by atoms with van der Waals surface area (Å²) in [6.45, 7) is 1.76. The maximum Gasteiger partial charge on any atom is 0.254 e.